The van der Waals surface area contributed by atoms with Gasteiger partial charge in [-0.3, -0.25) is 0 Å². The molecule has 0 saturated heterocycles. The average Bonchev–Trinajstić information content (AvgIpc) is 2.89. The van der Waals surface area contributed by atoms with Gasteiger partial charge >= 0.3 is 6.18 Å². The summed E-state index contributed by atoms with van der Waals surface area (Å²) >= 11 is 1.53. The standard InChI is InChI=1S/C13H13F3N2S/c1-2-11(12-17-7-8-19-12)18-10-5-3-9(4-6-10)13(14,15)16/h3-8,11,18H,2H2,1H3. The van der Waals surface area contributed by atoms with E-state index in [1.165, 1.54) is 23.5 Å². The van der Waals surface area contributed by atoms with E-state index in [0.717, 1.165) is 23.6 Å². The van der Waals surface area contributed by atoms with Crippen molar-refractivity contribution in [2.24, 2.45) is 0 Å². The Hall–Kier alpha value is -1.56. The normalized spacial score (nSPS) is 13.3. The molecule has 0 radical (unpaired) electrons. The van der Waals surface area contributed by atoms with Crippen molar-refractivity contribution < 1.29 is 13.2 Å². The van der Waals surface area contributed by atoms with Crippen LogP contribution in [0.1, 0.15) is 30.0 Å². The van der Waals surface area contributed by atoms with Crippen molar-refractivity contribution in [2.75, 3.05) is 5.32 Å². The number of halogens is 3. The van der Waals surface area contributed by atoms with Gasteiger partial charge in [0.15, 0.2) is 0 Å². The Morgan fingerprint density at radius 1 is 1.26 bits per heavy atom. The van der Waals surface area contributed by atoms with Crippen molar-refractivity contribution in [1.29, 1.82) is 0 Å². The van der Waals surface area contributed by atoms with Crippen LogP contribution in [-0.4, -0.2) is 4.98 Å². The van der Waals surface area contributed by atoms with E-state index in [1.807, 2.05) is 12.3 Å². The Labute approximate surface area is 113 Å². The minimum absolute atomic E-state index is 0.0248. The zero-order valence-corrected chi connectivity index (χ0v) is 11.1. The molecular formula is C13H13F3N2S. The Bertz CT molecular complexity index is 506. The van der Waals surface area contributed by atoms with Crippen LogP contribution in [0.3, 0.4) is 0 Å². The predicted octanol–water partition coefficient (Wildman–Crippen LogP) is 4.73. The van der Waals surface area contributed by atoms with Gasteiger partial charge in [-0.05, 0) is 30.7 Å². The van der Waals surface area contributed by atoms with Gasteiger partial charge in [-0.15, -0.1) is 11.3 Å². The lowest BCUT2D eigenvalue weighted by molar-refractivity contribution is -0.137. The molecule has 1 unspecified atom stereocenters. The van der Waals surface area contributed by atoms with Gasteiger partial charge in [0, 0.05) is 17.3 Å². The SMILES string of the molecule is CCC(Nc1ccc(C(F)(F)F)cc1)c1nccs1. The summed E-state index contributed by atoms with van der Waals surface area (Å²) in [6.07, 6.45) is -1.76. The number of alkyl halides is 3. The average molecular weight is 286 g/mol. The second kappa shape index (κ2) is 5.61. The number of thiazole rings is 1. The van der Waals surface area contributed by atoms with E-state index in [1.54, 1.807) is 6.20 Å². The third-order valence-corrected chi connectivity index (χ3v) is 3.60. The van der Waals surface area contributed by atoms with Crippen LogP contribution in [0.4, 0.5) is 18.9 Å². The molecule has 1 atom stereocenters. The van der Waals surface area contributed by atoms with Gasteiger partial charge in [-0.2, -0.15) is 13.2 Å². The molecule has 1 aromatic heterocycles. The van der Waals surface area contributed by atoms with Gasteiger partial charge in [0.25, 0.3) is 0 Å². The van der Waals surface area contributed by atoms with E-state index in [9.17, 15) is 13.2 Å². The molecule has 2 aromatic rings. The van der Waals surface area contributed by atoms with Gasteiger partial charge in [0.1, 0.15) is 5.01 Å². The van der Waals surface area contributed by atoms with Gasteiger partial charge < -0.3 is 5.32 Å². The van der Waals surface area contributed by atoms with E-state index < -0.39 is 11.7 Å². The van der Waals surface area contributed by atoms with Crippen molar-refractivity contribution in [2.45, 2.75) is 25.6 Å². The zero-order chi connectivity index (χ0) is 13.9. The molecule has 102 valence electrons. The summed E-state index contributed by atoms with van der Waals surface area (Å²) in [4.78, 5) is 4.22. The van der Waals surface area contributed by atoms with Crippen molar-refractivity contribution in [1.82, 2.24) is 4.98 Å². The highest BCUT2D eigenvalue weighted by Gasteiger charge is 2.30. The summed E-state index contributed by atoms with van der Waals surface area (Å²) in [6, 6.07) is 5.07. The molecule has 2 rings (SSSR count). The molecule has 0 fully saturated rings. The molecule has 6 heteroatoms. The second-order valence-electron chi connectivity index (χ2n) is 4.05. The number of nitrogens with zero attached hydrogens (tertiary/aromatic N) is 1. The zero-order valence-electron chi connectivity index (χ0n) is 10.2. The highest BCUT2D eigenvalue weighted by atomic mass is 32.1. The third-order valence-electron chi connectivity index (χ3n) is 2.71. The number of aromatic nitrogens is 1. The highest BCUT2D eigenvalue weighted by Crippen LogP contribution is 2.31. The molecule has 1 aromatic carbocycles. The van der Waals surface area contributed by atoms with Crippen molar-refractivity contribution >= 4 is 17.0 Å². The second-order valence-corrected chi connectivity index (χ2v) is 4.98. The quantitative estimate of drug-likeness (QED) is 0.879. The van der Waals surface area contributed by atoms with E-state index in [4.69, 9.17) is 0 Å². The molecule has 2 nitrogen and oxygen atoms in total. The topological polar surface area (TPSA) is 24.9 Å². The largest absolute Gasteiger partial charge is 0.416 e. The lowest BCUT2D eigenvalue weighted by Crippen LogP contribution is -2.10. The van der Waals surface area contributed by atoms with Crippen LogP contribution in [0.15, 0.2) is 35.8 Å². The first-order valence-corrected chi connectivity index (χ1v) is 6.72. The first kappa shape index (κ1) is 13.9. The summed E-state index contributed by atoms with van der Waals surface area (Å²) in [5, 5.41) is 6.00. The van der Waals surface area contributed by atoms with Gasteiger partial charge in [0.05, 0.1) is 11.6 Å². The molecular weight excluding hydrogens is 273 g/mol. The summed E-state index contributed by atoms with van der Waals surface area (Å²) in [7, 11) is 0. The molecule has 0 bridgehead atoms. The van der Waals surface area contributed by atoms with E-state index >= 15 is 0 Å². The number of hydrogen-bond acceptors (Lipinski definition) is 3. The Kier molecular flexibility index (Phi) is 4.09. The molecule has 1 N–H and O–H groups in total. The monoisotopic (exact) mass is 286 g/mol. The smallest absolute Gasteiger partial charge is 0.376 e. The number of hydrogen-bond donors (Lipinski definition) is 1. The lowest BCUT2D eigenvalue weighted by atomic mass is 10.1. The van der Waals surface area contributed by atoms with Crippen molar-refractivity contribution in [3.63, 3.8) is 0 Å². The van der Waals surface area contributed by atoms with E-state index in [-0.39, 0.29) is 6.04 Å². The summed E-state index contributed by atoms with van der Waals surface area (Å²) in [6.45, 7) is 2.00. The van der Waals surface area contributed by atoms with Crippen molar-refractivity contribution in [3.05, 3.63) is 46.4 Å². The maximum absolute atomic E-state index is 12.4. The summed E-state index contributed by atoms with van der Waals surface area (Å²) in [5.41, 5.74) is 0.0235. The molecule has 0 aliphatic rings. The fourth-order valence-electron chi connectivity index (χ4n) is 1.70. The van der Waals surface area contributed by atoms with Gasteiger partial charge in [0.2, 0.25) is 0 Å². The Balaban J connectivity index is 2.11. The first-order chi connectivity index (χ1) is 9.00. The molecule has 0 amide bonds. The fourth-order valence-corrected chi connectivity index (χ4v) is 2.47. The maximum atomic E-state index is 12.4. The van der Waals surface area contributed by atoms with Crippen LogP contribution >= 0.6 is 11.3 Å². The molecule has 19 heavy (non-hydrogen) atoms. The summed E-state index contributed by atoms with van der Waals surface area (Å²) in [5.74, 6) is 0. The minimum Gasteiger partial charge on any atom is -0.376 e. The third kappa shape index (κ3) is 3.47. The number of anilines is 1. The lowest BCUT2D eigenvalue weighted by Gasteiger charge is -2.16. The van der Waals surface area contributed by atoms with Crippen LogP contribution in [0.25, 0.3) is 0 Å². The Morgan fingerprint density at radius 2 is 1.95 bits per heavy atom. The predicted molar refractivity (Wildman–Crippen MR) is 70.2 cm³/mol. The molecule has 0 aliphatic carbocycles. The van der Waals surface area contributed by atoms with Crippen LogP contribution in [0.5, 0.6) is 0 Å². The molecule has 0 spiro atoms. The maximum Gasteiger partial charge on any atom is 0.416 e. The first-order valence-electron chi connectivity index (χ1n) is 5.84. The number of benzene rings is 1. The van der Waals surface area contributed by atoms with Crippen LogP contribution in [-0.2, 0) is 6.18 Å². The van der Waals surface area contributed by atoms with Gasteiger partial charge in [-0.25, -0.2) is 4.98 Å². The van der Waals surface area contributed by atoms with E-state index in [2.05, 4.69) is 10.3 Å². The molecule has 0 aliphatic heterocycles. The van der Waals surface area contributed by atoms with Gasteiger partial charge in [-0.1, -0.05) is 6.92 Å². The number of nitrogens with one attached hydrogen (secondary N) is 1. The fraction of sp³-hybridized carbons (Fsp3) is 0.308. The van der Waals surface area contributed by atoms with E-state index in [0.29, 0.717) is 5.69 Å². The summed E-state index contributed by atoms with van der Waals surface area (Å²) < 4.78 is 37.3. The van der Waals surface area contributed by atoms with Crippen LogP contribution in [0, 0.1) is 0 Å². The number of rotatable bonds is 4. The minimum atomic E-state index is -4.29. The molecule has 1 heterocycles. The Morgan fingerprint density at radius 3 is 2.42 bits per heavy atom. The van der Waals surface area contributed by atoms with Crippen LogP contribution < -0.4 is 5.32 Å². The van der Waals surface area contributed by atoms with Crippen LogP contribution in [0.2, 0.25) is 0 Å². The highest BCUT2D eigenvalue weighted by molar-refractivity contribution is 7.09. The molecule has 0 saturated carbocycles. The van der Waals surface area contributed by atoms with Crippen molar-refractivity contribution in [3.8, 4) is 0 Å².